The summed E-state index contributed by atoms with van der Waals surface area (Å²) in [6.07, 6.45) is 0. The van der Waals surface area contributed by atoms with Crippen molar-refractivity contribution in [2.24, 2.45) is 0 Å². The smallest absolute Gasteiger partial charge is 0.124 e. The van der Waals surface area contributed by atoms with Crippen LogP contribution in [0.4, 0.5) is 5.69 Å². The highest BCUT2D eigenvalue weighted by Gasteiger charge is 2.06. The molecule has 0 amide bonds. The SMILES string of the molecule is COc1ccc(NCc2ccccc2OCc2ccc(Cl)cc2Cl)cc1. The summed E-state index contributed by atoms with van der Waals surface area (Å²) in [5, 5.41) is 4.61. The van der Waals surface area contributed by atoms with Gasteiger partial charge in [-0.2, -0.15) is 0 Å². The van der Waals surface area contributed by atoms with Crippen LogP contribution < -0.4 is 14.8 Å². The van der Waals surface area contributed by atoms with Gasteiger partial charge >= 0.3 is 0 Å². The lowest BCUT2D eigenvalue weighted by Gasteiger charge is -2.14. The van der Waals surface area contributed by atoms with E-state index in [1.807, 2.05) is 60.7 Å². The number of rotatable bonds is 7. The molecular weight excluding hydrogens is 369 g/mol. The zero-order valence-electron chi connectivity index (χ0n) is 14.3. The molecular formula is C21H19Cl2NO2. The Morgan fingerprint density at radius 2 is 1.65 bits per heavy atom. The summed E-state index contributed by atoms with van der Waals surface area (Å²) in [4.78, 5) is 0. The zero-order chi connectivity index (χ0) is 18.4. The van der Waals surface area contributed by atoms with E-state index in [2.05, 4.69) is 5.32 Å². The molecule has 0 aliphatic rings. The summed E-state index contributed by atoms with van der Waals surface area (Å²) in [7, 11) is 1.66. The fourth-order valence-corrected chi connectivity index (χ4v) is 2.95. The van der Waals surface area contributed by atoms with E-state index >= 15 is 0 Å². The normalized spacial score (nSPS) is 10.4. The molecule has 0 radical (unpaired) electrons. The average Bonchev–Trinajstić information content (AvgIpc) is 2.67. The quantitative estimate of drug-likeness (QED) is 0.523. The molecule has 0 aliphatic carbocycles. The van der Waals surface area contributed by atoms with Crippen molar-refractivity contribution in [3.8, 4) is 11.5 Å². The second kappa shape index (κ2) is 8.84. The van der Waals surface area contributed by atoms with Crippen LogP contribution in [0, 0.1) is 0 Å². The lowest BCUT2D eigenvalue weighted by atomic mass is 10.2. The van der Waals surface area contributed by atoms with Crippen molar-refractivity contribution in [1.82, 2.24) is 0 Å². The average molecular weight is 388 g/mol. The van der Waals surface area contributed by atoms with Crippen LogP contribution in [0.2, 0.25) is 10.0 Å². The third-order valence-corrected chi connectivity index (χ3v) is 4.53. The fraction of sp³-hybridized carbons (Fsp3) is 0.143. The number of anilines is 1. The van der Waals surface area contributed by atoms with Gasteiger partial charge in [-0.15, -0.1) is 0 Å². The van der Waals surface area contributed by atoms with Crippen LogP contribution >= 0.6 is 23.2 Å². The number of para-hydroxylation sites is 1. The molecule has 0 saturated carbocycles. The van der Waals surface area contributed by atoms with E-state index in [4.69, 9.17) is 32.7 Å². The monoisotopic (exact) mass is 387 g/mol. The number of ether oxygens (including phenoxy) is 2. The summed E-state index contributed by atoms with van der Waals surface area (Å²) >= 11 is 12.2. The molecule has 1 N–H and O–H groups in total. The highest BCUT2D eigenvalue weighted by Crippen LogP contribution is 2.25. The van der Waals surface area contributed by atoms with Crippen molar-refractivity contribution in [2.45, 2.75) is 13.2 Å². The van der Waals surface area contributed by atoms with Crippen LogP contribution in [0.15, 0.2) is 66.7 Å². The van der Waals surface area contributed by atoms with Gasteiger partial charge in [0.15, 0.2) is 0 Å². The third-order valence-electron chi connectivity index (χ3n) is 3.94. The molecule has 0 spiro atoms. The molecule has 0 aliphatic heterocycles. The van der Waals surface area contributed by atoms with Crippen LogP contribution in [0.3, 0.4) is 0 Å². The van der Waals surface area contributed by atoms with E-state index in [0.717, 1.165) is 28.3 Å². The van der Waals surface area contributed by atoms with E-state index in [-0.39, 0.29) is 0 Å². The van der Waals surface area contributed by atoms with E-state index in [9.17, 15) is 0 Å². The lowest BCUT2D eigenvalue weighted by molar-refractivity contribution is 0.303. The van der Waals surface area contributed by atoms with Crippen molar-refractivity contribution in [3.63, 3.8) is 0 Å². The first kappa shape index (κ1) is 18.4. The zero-order valence-corrected chi connectivity index (χ0v) is 15.8. The Hall–Kier alpha value is -2.36. The van der Waals surface area contributed by atoms with E-state index in [0.29, 0.717) is 23.2 Å². The number of nitrogens with one attached hydrogen (secondary N) is 1. The van der Waals surface area contributed by atoms with E-state index in [1.54, 1.807) is 13.2 Å². The van der Waals surface area contributed by atoms with Gasteiger partial charge in [0.1, 0.15) is 18.1 Å². The van der Waals surface area contributed by atoms with Gasteiger partial charge in [-0.3, -0.25) is 0 Å². The molecule has 3 aromatic rings. The first-order valence-electron chi connectivity index (χ1n) is 8.18. The summed E-state index contributed by atoms with van der Waals surface area (Å²) in [5.41, 5.74) is 2.98. The van der Waals surface area contributed by atoms with Crippen LogP contribution in [-0.2, 0) is 13.2 Å². The van der Waals surface area contributed by atoms with Gasteiger partial charge in [0.25, 0.3) is 0 Å². The third kappa shape index (κ3) is 4.84. The predicted molar refractivity (Wildman–Crippen MR) is 108 cm³/mol. The van der Waals surface area contributed by atoms with Crippen molar-refractivity contribution < 1.29 is 9.47 Å². The van der Waals surface area contributed by atoms with Gasteiger partial charge < -0.3 is 14.8 Å². The molecule has 0 saturated heterocycles. The lowest BCUT2D eigenvalue weighted by Crippen LogP contribution is -2.04. The Kier molecular flexibility index (Phi) is 6.26. The highest BCUT2D eigenvalue weighted by molar-refractivity contribution is 6.35. The Morgan fingerprint density at radius 1 is 0.885 bits per heavy atom. The fourth-order valence-electron chi connectivity index (χ4n) is 2.49. The van der Waals surface area contributed by atoms with E-state index in [1.165, 1.54) is 0 Å². The molecule has 0 unspecified atom stereocenters. The van der Waals surface area contributed by atoms with Crippen LogP contribution in [0.25, 0.3) is 0 Å². The minimum absolute atomic E-state index is 0.384. The van der Waals surface area contributed by atoms with Crippen LogP contribution in [0.5, 0.6) is 11.5 Å². The number of hydrogen-bond acceptors (Lipinski definition) is 3. The maximum absolute atomic E-state index is 6.21. The van der Waals surface area contributed by atoms with Gasteiger partial charge in [-0.25, -0.2) is 0 Å². The predicted octanol–water partition coefficient (Wildman–Crippen LogP) is 6.19. The Balaban J connectivity index is 1.65. The maximum Gasteiger partial charge on any atom is 0.124 e. The van der Waals surface area contributed by atoms with Gasteiger partial charge in [0, 0.05) is 33.4 Å². The summed E-state index contributed by atoms with van der Waals surface area (Å²) in [6.45, 7) is 1.03. The molecule has 0 fully saturated rings. The van der Waals surface area contributed by atoms with Gasteiger partial charge in [-0.1, -0.05) is 47.5 Å². The largest absolute Gasteiger partial charge is 0.497 e. The van der Waals surface area contributed by atoms with Gasteiger partial charge in [0.05, 0.1) is 7.11 Å². The first-order valence-corrected chi connectivity index (χ1v) is 8.94. The highest BCUT2D eigenvalue weighted by atomic mass is 35.5. The Bertz CT molecular complexity index is 866. The number of hydrogen-bond donors (Lipinski definition) is 1. The standard InChI is InChI=1S/C21H19Cl2NO2/c1-25-19-10-8-18(9-11-19)24-13-15-4-2-3-5-21(15)26-14-16-6-7-17(22)12-20(16)23/h2-12,24H,13-14H2,1H3. The molecule has 26 heavy (non-hydrogen) atoms. The molecule has 3 nitrogen and oxygen atoms in total. The molecule has 0 heterocycles. The molecule has 0 aromatic heterocycles. The van der Waals surface area contributed by atoms with Crippen molar-refractivity contribution in [3.05, 3.63) is 87.9 Å². The molecule has 0 bridgehead atoms. The summed E-state index contributed by atoms with van der Waals surface area (Å²) in [5.74, 6) is 1.65. The van der Waals surface area contributed by atoms with Crippen molar-refractivity contribution >= 4 is 28.9 Å². The second-order valence-corrected chi connectivity index (χ2v) is 6.56. The van der Waals surface area contributed by atoms with Crippen molar-refractivity contribution in [2.75, 3.05) is 12.4 Å². The van der Waals surface area contributed by atoms with Gasteiger partial charge in [0.2, 0.25) is 0 Å². The summed E-state index contributed by atoms with van der Waals surface area (Å²) < 4.78 is 11.2. The molecule has 3 rings (SSSR count). The second-order valence-electron chi connectivity index (χ2n) is 5.71. The molecule has 0 atom stereocenters. The van der Waals surface area contributed by atoms with Crippen LogP contribution in [0.1, 0.15) is 11.1 Å². The number of halogens is 2. The van der Waals surface area contributed by atoms with E-state index < -0.39 is 0 Å². The van der Waals surface area contributed by atoms with Crippen LogP contribution in [-0.4, -0.2) is 7.11 Å². The minimum Gasteiger partial charge on any atom is -0.497 e. The Labute approximate surface area is 163 Å². The molecule has 134 valence electrons. The first-order chi connectivity index (χ1) is 12.7. The summed E-state index contributed by atoms with van der Waals surface area (Å²) in [6, 6.07) is 21.2. The molecule has 5 heteroatoms. The number of methoxy groups -OCH3 is 1. The minimum atomic E-state index is 0.384. The maximum atomic E-state index is 6.21. The Morgan fingerprint density at radius 3 is 2.38 bits per heavy atom. The van der Waals surface area contributed by atoms with Gasteiger partial charge in [-0.05, 0) is 42.5 Å². The van der Waals surface area contributed by atoms with Crippen molar-refractivity contribution in [1.29, 1.82) is 0 Å². The molecule has 3 aromatic carbocycles. The number of benzene rings is 3. The topological polar surface area (TPSA) is 30.5 Å².